The van der Waals surface area contributed by atoms with Crippen molar-refractivity contribution in [1.29, 1.82) is 0 Å². The maximum Gasteiger partial charge on any atom is -0.00317 e. The molecule has 0 N–H and O–H groups in total. The van der Waals surface area contributed by atoms with E-state index in [0.717, 1.165) is 17.6 Å². The van der Waals surface area contributed by atoms with Crippen LogP contribution in [0.5, 0.6) is 0 Å². The Labute approximate surface area is 112 Å². The Hall–Kier alpha value is -1.56. The quantitative estimate of drug-likeness (QED) is 0.608. The lowest BCUT2D eigenvalue weighted by Crippen LogP contribution is -2.10. The van der Waals surface area contributed by atoms with Crippen molar-refractivity contribution in [3.05, 3.63) is 66.3 Å². The molecule has 0 spiro atoms. The standard InChI is InChI=1S/C18H24/c1-7-8-14(2)13-15(3)16-9-11-17(12-10-16)18(4,5)6/h7-12H,2-3,13H2,1,4-6H3/b8-7-. The minimum absolute atomic E-state index is 0.203. The van der Waals surface area contributed by atoms with Gasteiger partial charge in [-0.1, -0.05) is 75.9 Å². The molecule has 0 saturated carbocycles. The molecule has 0 heteroatoms. The van der Waals surface area contributed by atoms with Gasteiger partial charge in [0.05, 0.1) is 0 Å². The molecule has 0 aliphatic rings. The van der Waals surface area contributed by atoms with Gasteiger partial charge in [0.25, 0.3) is 0 Å². The normalized spacial score (nSPS) is 11.8. The minimum atomic E-state index is 0.203. The Bertz CT molecular complexity index is 450. The zero-order valence-electron chi connectivity index (χ0n) is 12.1. The van der Waals surface area contributed by atoms with Gasteiger partial charge in [-0.05, 0) is 35.5 Å². The van der Waals surface area contributed by atoms with Crippen molar-refractivity contribution in [3.8, 4) is 0 Å². The van der Waals surface area contributed by atoms with Crippen LogP contribution in [-0.2, 0) is 5.41 Å². The summed E-state index contributed by atoms with van der Waals surface area (Å²) >= 11 is 0. The highest BCUT2D eigenvalue weighted by Gasteiger charge is 2.13. The van der Waals surface area contributed by atoms with E-state index in [1.807, 2.05) is 19.1 Å². The van der Waals surface area contributed by atoms with Gasteiger partial charge in [-0.2, -0.15) is 0 Å². The smallest absolute Gasteiger partial charge is 0.00317 e. The van der Waals surface area contributed by atoms with Gasteiger partial charge in [0.1, 0.15) is 0 Å². The third-order valence-corrected chi connectivity index (χ3v) is 3.00. The minimum Gasteiger partial charge on any atom is -0.0955 e. The lowest BCUT2D eigenvalue weighted by Gasteiger charge is -2.19. The summed E-state index contributed by atoms with van der Waals surface area (Å²) in [5, 5.41) is 0. The van der Waals surface area contributed by atoms with Crippen LogP contribution < -0.4 is 0 Å². The van der Waals surface area contributed by atoms with E-state index in [2.05, 4.69) is 58.2 Å². The molecule has 0 aliphatic carbocycles. The van der Waals surface area contributed by atoms with Crippen LogP contribution in [0.2, 0.25) is 0 Å². The number of rotatable bonds is 4. The predicted octanol–water partition coefficient (Wildman–Crippen LogP) is 5.52. The molecule has 0 unspecified atom stereocenters. The van der Waals surface area contributed by atoms with Gasteiger partial charge in [-0.15, -0.1) is 0 Å². The highest BCUT2D eigenvalue weighted by atomic mass is 14.2. The molecule has 1 aromatic carbocycles. The molecule has 0 heterocycles. The van der Waals surface area contributed by atoms with Crippen molar-refractivity contribution in [2.24, 2.45) is 0 Å². The average Bonchev–Trinajstić information content (AvgIpc) is 2.28. The molecule has 0 nitrogen and oxygen atoms in total. The van der Waals surface area contributed by atoms with Crippen molar-refractivity contribution >= 4 is 5.57 Å². The fourth-order valence-electron chi connectivity index (χ4n) is 1.88. The summed E-state index contributed by atoms with van der Waals surface area (Å²) in [6.07, 6.45) is 4.88. The summed E-state index contributed by atoms with van der Waals surface area (Å²) in [5.41, 5.74) is 4.98. The molecular formula is C18H24. The van der Waals surface area contributed by atoms with E-state index in [1.54, 1.807) is 0 Å². The Morgan fingerprint density at radius 3 is 2.11 bits per heavy atom. The van der Waals surface area contributed by atoms with Crippen molar-refractivity contribution in [2.45, 2.75) is 39.5 Å². The first kappa shape index (κ1) is 14.5. The molecule has 0 aliphatic heterocycles. The molecule has 0 radical (unpaired) electrons. The Morgan fingerprint density at radius 1 is 1.11 bits per heavy atom. The molecular weight excluding hydrogens is 216 g/mol. The van der Waals surface area contributed by atoms with Gasteiger partial charge in [0.2, 0.25) is 0 Å². The summed E-state index contributed by atoms with van der Waals surface area (Å²) in [6, 6.07) is 8.70. The number of hydrogen-bond acceptors (Lipinski definition) is 0. The maximum atomic E-state index is 4.14. The Kier molecular flexibility index (Phi) is 4.72. The molecule has 1 aromatic rings. The van der Waals surface area contributed by atoms with Gasteiger partial charge in [-0.25, -0.2) is 0 Å². The largest absolute Gasteiger partial charge is 0.0955 e. The molecule has 96 valence electrons. The van der Waals surface area contributed by atoms with E-state index < -0.39 is 0 Å². The number of allylic oxidation sites excluding steroid dienone is 4. The second-order valence-corrected chi connectivity index (χ2v) is 5.77. The fraction of sp³-hybridized carbons (Fsp3) is 0.333. The van der Waals surface area contributed by atoms with Crippen LogP contribution >= 0.6 is 0 Å². The Balaban J connectivity index is 2.80. The van der Waals surface area contributed by atoms with Crippen LogP contribution in [0, 0.1) is 0 Å². The van der Waals surface area contributed by atoms with Gasteiger partial charge < -0.3 is 0 Å². The van der Waals surface area contributed by atoms with Crippen LogP contribution in [0.4, 0.5) is 0 Å². The van der Waals surface area contributed by atoms with E-state index in [4.69, 9.17) is 0 Å². The zero-order chi connectivity index (χ0) is 13.8. The molecule has 0 atom stereocenters. The van der Waals surface area contributed by atoms with Crippen LogP contribution in [0.15, 0.2) is 55.1 Å². The zero-order valence-corrected chi connectivity index (χ0v) is 12.1. The monoisotopic (exact) mass is 240 g/mol. The third kappa shape index (κ3) is 4.03. The summed E-state index contributed by atoms with van der Waals surface area (Å²) in [6.45, 7) is 16.9. The van der Waals surface area contributed by atoms with Gasteiger partial charge in [0.15, 0.2) is 0 Å². The second kappa shape index (κ2) is 5.86. The van der Waals surface area contributed by atoms with Crippen LogP contribution in [0.25, 0.3) is 5.57 Å². The topological polar surface area (TPSA) is 0 Å². The number of hydrogen-bond donors (Lipinski definition) is 0. The van der Waals surface area contributed by atoms with Crippen LogP contribution in [0.1, 0.15) is 45.2 Å². The summed E-state index contributed by atoms with van der Waals surface area (Å²) in [4.78, 5) is 0. The van der Waals surface area contributed by atoms with Crippen molar-refractivity contribution in [2.75, 3.05) is 0 Å². The van der Waals surface area contributed by atoms with E-state index in [-0.39, 0.29) is 5.41 Å². The molecule has 18 heavy (non-hydrogen) atoms. The Morgan fingerprint density at radius 2 is 1.67 bits per heavy atom. The van der Waals surface area contributed by atoms with E-state index in [9.17, 15) is 0 Å². The van der Waals surface area contributed by atoms with Crippen LogP contribution in [0.3, 0.4) is 0 Å². The highest BCUT2D eigenvalue weighted by Crippen LogP contribution is 2.26. The lowest BCUT2D eigenvalue weighted by molar-refractivity contribution is 0.590. The molecule has 0 saturated heterocycles. The van der Waals surface area contributed by atoms with Gasteiger partial charge in [-0.3, -0.25) is 0 Å². The fourth-order valence-corrected chi connectivity index (χ4v) is 1.88. The lowest BCUT2D eigenvalue weighted by atomic mass is 9.86. The van der Waals surface area contributed by atoms with Crippen LogP contribution in [-0.4, -0.2) is 0 Å². The van der Waals surface area contributed by atoms with E-state index in [1.165, 1.54) is 11.1 Å². The predicted molar refractivity (Wildman–Crippen MR) is 82.7 cm³/mol. The van der Waals surface area contributed by atoms with E-state index >= 15 is 0 Å². The summed E-state index contributed by atoms with van der Waals surface area (Å²) in [5.74, 6) is 0. The van der Waals surface area contributed by atoms with Crippen molar-refractivity contribution < 1.29 is 0 Å². The van der Waals surface area contributed by atoms with Gasteiger partial charge in [0, 0.05) is 0 Å². The average molecular weight is 240 g/mol. The molecule has 0 fully saturated rings. The summed E-state index contributed by atoms with van der Waals surface area (Å²) < 4.78 is 0. The second-order valence-electron chi connectivity index (χ2n) is 5.77. The molecule has 0 aromatic heterocycles. The summed E-state index contributed by atoms with van der Waals surface area (Å²) in [7, 11) is 0. The van der Waals surface area contributed by atoms with E-state index in [0.29, 0.717) is 0 Å². The third-order valence-electron chi connectivity index (χ3n) is 3.00. The molecule has 0 bridgehead atoms. The van der Waals surface area contributed by atoms with Gasteiger partial charge >= 0.3 is 0 Å². The first-order valence-electron chi connectivity index (χ1n) is 6.43. The van der Waals surface area contributed by atoms with Crippen molar-refractivity contribution in [3.63, 3.8) is 0 Å². The highest BCUT2D eigenvalue weighted by molar-refractivity contribution is 5.66. The number of benzene rings is 1. The molecule has 0 amide bonds. The first-order valence-corrected chi connectivity index (χ1v) is 6.43. The maximum absolute atomic E-state index is 4.14. The molecule has 1 rings (SSSR count). The SMILES string of the molecule is C=C(/C=C\C)CC(=C)c1ccc(C(C)(C)C)cc1. The van der Waals surface area contributed by atoms with Crippen molar-refractivity contribution in [1.82, 2.24) is 0 Å². The first-order chi connectivity index (χ1) is 8.34.